The van der Waals surface area contributed by atoms with E-state index in [1.54, 1.807) is 92.0 Å². The van der Waals surface area contributed by atoms with Gasteiger partial charge >= 0.3 is 13.8 Å². The number of allylic oxidation sites excluding steroid dienone is 1. The van der Waals surface area contributed by atoms with Crippen LogP contribution in [0.2, 0.25) is 0 Å². The van der Waals surface area contributed by atoms with E-state index in [0.717, 1.165) is 10.6 Å². The number of carbonyl (C=O) groups excluding carboxylic acids is 2. The number of ether oxygens (including phenoxy) is 2. The van der Waals surface area contributed by atoms with Crippen molar-refractivity contribution in [2.45, 2.75) is 31.4 Å². The van der Waals surface area contributed by atoms with Crippen molar-refractivity contribution in [3.8, 4) is 17.2 Å². The molecule has 10 nitrogen and oxygen atoms in total. The summed E-state index contributed by atoms with van der Waals surface area (Å²) >= 11 is 1.38. The molecule has 0 aliphatic carbocycles. The van der Waals surface area contributed by atoms with Crippen molar-refractivity contribution < 1.29 is 37.2 Å². The van der Waals surface area contributed by atoms with Gasteiger partial charge in [-0.3, -0.25) is 14.7 Å². The van der Waals surface area contributed by atoms with E-state index in [1.807, 2.05) is 30.3 Å². The Morgan fingerprint density at radius 2 is 1.38 bits per heavy atom. The zero-order valence-electron chi connectivity index (χ0n) is 25.6. The smallest absolute Gasteiger partial charge is 0.497 e. The van der Waals surface area contributed by atoms with Crippen molar-refractivity contribution >= 4 is 36.5 Å². The summed E-state index contributed by atoms with van der Waals surface area (Å²) in [6.45, 7) is 1.32. The molecule has 6 rings (SSSR count). The highest BCUT2D eigenvalue weighted by molar-refractivity contribution is 8.14. The summed E-state index contributed by atoms with van der Waals surface area (Å²) in [7, 11) is -2.92. The highest BCUT2D eigenvalue weighted by Crippen LogP contribution is 2.52. The van der Waals surface area contributed by atoms with Crippen LogP contribution in [0.25, 0.3) is 0 Å². The lowest BCUT2D eigenvalue weighted by atomic mass is 10.1. The third-order valence-electron chi connectivity index (χ3n) is 7.22. The van der Waals surface area contributed by atoms with Crippen LogP contribution in [-0.4, -0.2) is 40.3 Å². The monoisotopic (exact) mass is 670 g/mol. The van der Waals surface area contributed by atoms with Crippen LogP contribution in [0.15, 0.2) is 132 Å². The molecule has 1 amide bonds. The Kier molecular flexibility index (Phi) is 9.65. The van der Waals surface area contributed by atoms with Gasteiger partial charge in [0.05, 0.1) is 12.2 Å². The van der Waals surface area contributed by atoms with Gasteiger partial charge in [-0.2, -0.15) is 4.57 Å². The first-order valence-electron chi connectivity index (χ1n) is 14.7. The number of β-lactam (4-membered cyclic amide) rings is 1. The van der Waals surface area contributed by atoms with Gasteiger partial charge in [0, 0.05) is 6.42 Å². The summed E-state index contributed by atoms with van der Waals surface area (Å²) in [5.41, 5.74) is 1.52. The molecular formula is C35H31N2O8PS. The minimum absolute atomic E-state index is 0.0999. The van der Waals surface area contributed by atoms with Crippen molar-refractivity contribution in [3.63, 3.8) is 0 Å². The molecule has 2 unspecified atom stereocenters. The van der Waals surface area contributed by atoms with E-state index in [-0.39, 0.29) is 29.6 Å². The summed E-state index contributed by atoms with van der Waals surface area (Å²) < 4.78 is 42.6. The molecule has 0 spiro atoms. The fourth-order valence-electron chi connectivity index (χ4n) is 4.94. The van der Waals surface area contributed by atoms with Crippen LogP contribution in [0.5, 0.6) is 17.2 Å². The third-order valence-corrected chi connectivity index (χ3v) is 9.82. The number of likely N-dealkylation sites (tertiary alicyclic amines) is 1. The third kappa shape index (κ3) is 7.53. The highest BCUT2D eigenvalue weighted by atomic mass is 32.2. The number of aliphatic imine (C=N–C) groups is 1. The summed E-state index contributed by atoms with van der Waals surface area (Å²) in [4.78, 5) is 33.3. The van der Waals surface area contributed by atoms with Gasteiger partial charge in [0.25, 0.3) is 5.91 Å². The molecule has 12 heteroatoms. The van der Waals surface area contributed by atoms with Gasteiger partial charge in [-0.25, -0.2) is 4.79 Å². The van der Waals surface area contributed by atoms with Crippen molar-refractivity contribution in [2.75, 3.05) is 7.11 Å². The molecule has 2 atom stereocenters. The Bertz CT molecular complexity index is 1790. The Hall–Kier alpha value is -4.99. The second-order valence-electron chi connectivity index (χ2n) is 10.5. The number of fused-ring (bicyclic) bond motifs is 1. The highest BCUT2D eigenvalue weighted by Gasteiger charge is 2.56. The van der Waals surface area contributed by atoms with Gasteiger partial charge in [0.2, 0.25) is 0 Å². The van der Waals surface area contributed by atoms with Crippen molar-refractivity contribution in [2.24, 2.45) is 4.99 Å². The van der Waals surface area contributed by atoms with E-state index in [0.29, 0.717) is 17.7 Å². The van der Waals surface area contributed by atoms with Gasteiger partial charge < -0.3 is 23.0 Å². The number of benzene rings is 4. The van der Waals surface area contributed by atoms with Crippen LogP contribution in [0.3, 0.4) is 0 Å². The number of methoxy groups -OCH3 is 1. The number of nitrogens with zero attached hydrogens (tertiary/aromatic N) is 2. The zero-order valence-corrected chi connectivity index (χ0v) is 27.3. The molecule has 47 heavy (non-hydrogen) atoms. The normalized spacial score (nSPS) is 17.4. The average Bonchev–Trinajstić information content (AvgIpc) is 3.45. The predicted octanol–water partition coefficient (Wildman–Crippen LogP) is 7.18. The molecule has 0 saturated carbocycles. The van der Waals surface area contributed by atoms with Crippen LogP contribution in [0.4, 0.5) is 0 Å². The number of phosphoric acid groups is 1. The van der Waals surface area contributed by atoms with Crippen molar-refractivity contribution in [1.82, 2.24) is 4.90 Å². The molecule has 1 saturated heterocycles. The van der Waals surface area contributed by atoms with Crippen LogP contribution in [0.1, 0.15) is 18.1 Å². The fraction of sp³-hybridized carbons (Fsp3) is 0.171. The van der Waals surface area contributed by atoms with E-state index in [2.05, 4.69) is 4.99 Å². The topological polar surface area (TPSA) is 113 Å². The van der Waals surface area contributed by atoms with Gasteiger partial charge in [-0.15, -0.1) is 0 Å². The van der Waals surface area contributed by atoms with Crippen LogP contribution in [0, 0.1) is 0 Å². The van der Waals surface area contributed by atoms with E-state index in [1.165, 1.54) is 23.6 Å². The Balaban J connectivity index is 1.30. The lowest BCUT2D eigenvalue weighted by Gasteiger charge is -2.41. The fourth-order valence-corrected chi connectivity index (χ4v) is 7.56. The maximum absolute atomic E-state index is 14.2. The second kappa shape index (κ2) is 14.2. The van der Waals surface area contributed by atoms with Crippen LogP contribution < -0.4 is 13.8 Å². The molecule has 2 aliphatic rings. The first-order chi connectivity index (χ1) is 22.8. The average molecular weight is 671 g/mol. The molecule has 0 radical (unpaired) electrons. The zero-order chi connectivity index (χ0) is 32.8. The number of rotatable bonds is 13. The number of amides is 1. The number of esters is 1. The quantitative estimate of drug-likeness (QED) is 0.0480. The van der Waals surface area contributed by atoms with Gasteiger partial charge in [0.1, 0.15) is 35.0 Å². The number of phosphoric ester groups is 1. The predicted molar refractivity (Wildman–Crippen MR) is 178 cm³/mol. The molecule has 2 heterocycles. The molecule has 0 aromatic heterocycles. The van der Waals surface area contributed by atoms with Crippen molar-refractivity contribution in [3.05, 3.63) is 138 Å². The summed E-state index contributed by atoms with van der Waals surface area (Å²) in [5.74, 6) is -0.355. The van der Waals surface area contributed by atoms with E-state index in [4.69, 9.17) is 23.0 Å². The summed E-state index contributed by atoms with van der Waals surface area (Å²) in [6.07, 6.45) is 0.543. The minimum Gasteiger partial charge on any atom is -0.497 e. The Morgan fingerprint density at radius 1 is 0.809 bits per heavy atom. The molecule has 4 aromatic rings. The molecule has 240 valence electrons. The largest absolute Gasteiger partial charge is 0.646 e. The maximum Gasteiger partial charge on any atom is 0.646 e. The molecule has 0 N–H and O–H groups in total. The second-order valence-corrected chi connectivity index (χ2v) is 13.2. The number of hydrogen-bond acceptors (Lipinski definition) is 10. The molecule has 2 aliphatic heterocycles. The SMILES string of the molecule is COc1ccc(COC(=O)C(=C(C)OP(=O)(Oc2ccccc2)Oc2ccccc2)N2C(=O)C3N=C(Cc4ccccc4)SC32)cc1. The standard InChI is InChI=1S/C35H31N2O8PS/c1-24(43-46(40,44-28-14-8-4-9-15-28)45-29-16-10-5-11-17-29)32(35(39)42-23-26-18-20-27(41-2)21-19-26)37-33(38)31-34(37)47-30(36-31)22-25-12-6-3-7-13-25/h3-21,31,34H,22-23H2,1-2H3. The van der Waals surface area contributed by atoms with Gasteiger partial charge in [-0.1, -0.05) is 90.6 Å². The lowest BCUT2D eigenvalue weighted by Crippen LogP contribution is -2.61. The summed E-state index contributed by atoms with van der Waals surface area (Å²) in [5, 5.41) is 0.241. The van der Waals surface area contributed by atoms with Crippen molar-refractivity contribution in [1.29, 1.82) is 0 Å². The Labute approximate surface area is 276 Å². The minimum atomic E-state index is -4.48. The van der Waals surface area contributed by atoms with E-state index >= 15 is 0 Å². The first-order valence-corrected chi connectivity index (χ1v) is 17.1. The molecule has 4 aromatic carbocycles. The molecular weight excluding hydrogens is 639 g/mol. The first kappa shape index (κ1) is 32.0. The van der Waals surface area contributed by atoms with Gasteiger partial charge in [0.15, 0.2) is 11.7 Å². The number of hydrogen-bond donors (Lipinski definition) is 0. The summed E-state index contributed by atoms with van der Waals surface area (Å²) in [6, 6.07) is 32.9. The number of thioether (sulfide) groups is 1. The molecule has 1 fully saturated rings. The Morgan fingerprint density at radius 3 is 1.96 bits per heavy atom. The number of para-hydroxylation sites is 2. The number of carbonyl (C=O) groups is 2. The van der Waals surface area contributed by atoms with E-state index < -0.39 is 31.1 Å². The lowest BCUT2D eigenvalue weighted by molar-refractivity contribution is -0.151. The van der Waals surface area contributed by atoms with E-state index in [9.17, 15) is 14.2 Å². The van der Waals surface area contributed by atoms with Crippen LogP contribution in [-0.2, 0) is 36.4 Å². The molecule has 0 bridgehead atoms. The van der Waals surface area contributed by atoms with Gasteiger partial charge in [-0.05, 0) is 54.4 Å². The van der Waals surface area contributed by atoms with Crippen LogP contribution >= 0.6 is 19.6 Å². The maximum atomic E-state index is 14.2.